The number of aliphatic hydroxyl groups excluding tert-OH is 1. The van der Waals surface area contributed by atoms with Gasteiger partial charge in [0.25, 0.3) is 0 Å². The lowest BCUT2D eigenvalue weighted by molar-refractivity contribution is 0.281. The predicted molar refractivity (Wildman–Crippen MR) is 68.0 cm³/mol. The second kappa shape index (κ2) is 3.19. The van der Waals surface area contributed by atoms with E-state index < -0.39 is 0 Å². The van der Waals surface area contributed by atoms with E-state index in [1.807, 2.05) is 6.07 Å². The minimum atomic E-state index is 0.115. The zero-order chi connectivity index (χ0) is 11.3. The highest BCUT2D eigenvalue weighted by atomic mass is 16.3. The van der Waals surface area contributed by atoms with Gasteiger partial charge < -0.3 is 5.11 Å². The van der Waals surface area contributed by atoms with Gasteiger partial charge in [-0.2, -0.15) is 0 Å². The topological polar surface area (TPSA) is 20.2 Å². The van der Waals surface area contributed by atoms with Crippen LogP contribution in [0.3, 0.4) is 0 Å². The van der Waals surface area contributed by atoms with Gasteiger partial charge in [0.1, 0.15) is 0 Å². The molecule has 0 radical (unpaired) electrons. The van der Waals surface area contributed by atoms with Crippen molar-refractivity contribution < 1.29 is 5.11 Å². The maximum Gasteiger partial charge on any atom is 0.0687 e. The Kier molecular flexibility index (Phi) is 1.92. The quantitative estimate of drug-likeness (QED) is 0.762. The van der Waals surface area contributed by atoms with Gasteiger partial charge in [-0.25, -0.2) is 0 Å². The lowest BCUT2D eigenvalue weighted by atomic mass is 9.97. The third-order valence-electron chi connectivity index (χ3n) is 3.64. The van der Waals surface area contributed by atoms with E-state index in [1.165, 1.54) is 33.0 Å². The maximum absolute atomic E-state index is 9.41. The molecule has 1 aliphatic rings. The minimum absolute atomic E-state index is 0.115. The summed E-state index contributed by atoms with van der Waals surface area (Å²) in [6.45, 7) is 4.42. The van der Waals surface area contributed by atoms with Gasteiger partial charge in [-0.05, 0) is 52.5 Å². The van der Waals surface area contributed by atoms with E-state index in [0.29, 0.717) is 0 Å². The molecule has 1 N–H and O–H groups in total. The van der Waals surface area contributed by atoms with Crippen LogP contribution < -0.4 is 0 Å². The molecule has 16 heavy (non-hydrogen) atoms. The zero-order valence-electron chi connectivity index (χ0n) is 9.54. The Bertz CT molecular complexity index is 621. The Labute approximate surface area is 95.0 Å². The number of allylic oxidation sites excluding steroid dienone is 2. The Morgan fingerprint density at radius 3 is 2.56 bits per heavy atom. The van der Waals surface area contributed by atoms with Crippen LogP contribution in [0.5, 0.6) is 0 Å². The van der Waals surface area contributed by atoms with Crippen LogP contribution in [0, 0.1) is 0 Å². The minimum Gasteiger partial charge on any atom is -0.392 e. The van der Waals surface area contributed by atoms with Crippen molar-refractivity contribution in [2.24, 2.45) is 0 Å². The van der Waals surface area contributed by atoms with Crippen LogP contribution in [-0.4, -0.2) is 5.11 Å². The van der Waals surface area contributed by atoms with Crippen molar-refractivity contribution in [3.8, 4) is 0 Å². The van der Waals surface area contributed by atoms with Gasteiger partial charge in [-0.15, -0.1) is 0 Å². The predicted octanol–water partition coefficient (Wildman–Crippen LogP) is 3.60. The highest BCUT2D eigenvalue weighted by Crippen LogP contribution is 2.43. The monoisotopic (exact) mass is 210 g/mol. The number of aliphatic hydroxyl groups is 1. The van der Waals surface area contributed by atoms with Crippen LogP contribution in [0.25, 0.3) is 21.9 Å². The third kappa shape index (κ3) is 1.04. The molecule has 0 amide bonds. The van der Waals surface area contributed by atoms with Gasteiger partial charge in [-0.3, -0.25) is 0 Å². The van der Waals surface area contributed by atoms with Crippen molar-refractivity contribution in [1.82, 2.24) is 0 Å². The van der Waals surface area contributed by atoms with Crippen LogP contribution >= 0.6 is 0 Å². The molecule has 80 valence electrons. The molecule has 1 heteroatoms. The van der Waals surface area contributed by atoms with Crippen LogP contribution in [0.2, 0.25) is 0 Å². The summed E-state index contributed by atoms with van der Waals surface area (Å²) in [7, 11) is 0. The normalized spacial score (nSPS) is 13.9. The molecule has 0 aromatic heterocycles. The summed E-state index contributed by atoms with van der Waals surface area (Å²) < 4.78 is 0. The molecule has 0 saturated heterocycles. The van der Waals surface area contributed by atoms with Crippen LogP contribution in [0.1, 0.15) is 30.5 Å². The molecule has 0 atom stereocenters. The molecule has 0 spiro atoms. The van der Waals surface area contributed by atoms with E-state index in [0.717, 1.165) is 5.56 Å². The lowest BCUT2D eigenvalue weighted by Crippen LogP contribution is -1.90. The molecule has 0 bridgehead atoms. The van der Waals surface area contributed by atoms with Gasteiger partial charge in [0.2, 0.25) is 0 Å². The first-order valence-corrected chi connectivity index (χ1v) is 5.57. The number of rotatable bonds is 1. The fourth-order valence-electron chi connectivity index (χ4n) is 2.68. The summed E-state index contributed by atoms with van der Waals surface area (Å²) in [5, 5.41) is 12.0. The highest BCUT2D eigenvalue weighted by molar-refractivity contribution is 6.13. The molecule has 0 saturated carbocycles. The molecule has 0 fully saturated rings. The maximum atomic E-state index is 9.41. The molecular weight excluding hydrogens is 196 g/mol. The van der Waals surface area contributed by atoms with E-state index in [1.54, 1.807) is 0 Å². The molecule has 0 aliphatic heterocycles. The van der Waals surface area contributed by atoms with Gasteiger partial charge in [0, 0.05) is 0 Å². The highest BCUT2D eigenvalue weighted by Gasteiger charge is 2.20. The van der Waals surface area contributed by atoms with E-state index >= 15 is 0 Å². The summed E-state index contributed by atoms with van der Waals surface area (Å²) in [5.41, 5.74) is 6.24. The molecule has 2 aromatic rings. The first-order chi connectivity index (χ1) is 7.74. The third-order valence-corrected chi connectivity index (χ3v) is 3.64. The van der Waals surface area contributed by atoms with Gasteiger partial charge in [-0.1, -0.05) is 30.3 Å². The molecule has 2 aromatic carbocycles. The SMILES string of the molecule is CC1=C(C)c2c(CO)ccc3cccc1c23. The Hall–Kier alpha value is -1.60. The average Bonchev–Trinajstić information content (AvgIpc) is 2.58. The van der Waals surface area contributed by atoms with Gasteiger partial charge >= 0.3 is 0 Å². The summed E-state index contributed by atoms with van der Waals surface area (Å²) in [5.74, 6) is 0. The molecule has 0 heterocycles. The van der Waals surface area contributed by atoms with Crippen molar-refractivity contribution in [1.29, 1.82) is 0 Å². The van der Waals surface area contributed by atoms with Crippen molar-refractivity contribution in [3.63, 3.8) is 0 Å². The van der Waals surface area contributed by atoms with Gasteiger partial charge in [0.15, 0.2) is 0 Å². The second-order valence-corrected chi connectivity index (χ2v) is 4.41. The number of hydrogen-bond acceptors (Lipinski definition) is 1. The number of hydrogen-bond donors (Lipinski definition) is 1. The molecular formula is C15H14O. The van der Waals surface area contributed by atoms with Crippen molar-refractivity contribution >= 4 is 21.9 Å². The first-order valence-electron chi connectivity index (χ1n) is 5.57. The second-order valence-electron chi connectivity index (χ2n) is 4.41. The Balaban J connectivity index is 2.54. The summed E-state index contributed by atoms with van der Waals surface area (Å²) >= 11 is 0. The van der Waals surface area contributed by atoms with Crippen LogP contribution in [0.15, 0.2) is 30.3 Å². The molecule has 0 unspecified atom stereocenters. The van der Waals surface area contributed by atoms with E-state index in [-0.39, 0.29) is 6.61 Å². The van der Waals surface area contributed by atoms with E-state index in [4.69, 9.17) is 0 Å². The Morgan fingerprint density at radius 2 is 1.81 bits per heavy atom. The molecule has 1 nitrogen and oxygen atoms in total. The van der Waals surface area contributed by atoms with E-state index in [9.17, 15) is 5.11 Å². The fraction of sp³-hybridized carbons (Fsp3) is 0.200. The average molecular weight is 210 g/mol. The summed E-state index contributed by atoms with van der Waals surface area (Å²) in [4.78, 5) is 0. The smallest absolute Gasteiger partial charge is 0.0687 e. The first kappa shape index (κ1) is 9.61. The lowest BCUT2D eigenvalue weighted by Gasteiger charge is -2.08. The van der Waals surface area contributed by atoms with Gasteiger partial charge in [0.05, 0.1) is 6.61 Å². The van der Waals surface area contributed by atoms with Crippen LogP contribution in [0.4, 0.5) is 0 Å². The standard InChI is InChI=1S/C15H14O/c1-9-10(2)14-12(8-16)7-6-11-4-3-5-13(9)15(11)14/h3-7,16H,8H2,1-2H3. The number of benzene rings is 2. The van der Waals surface area contributed by atoms with Crippen molar-refractivity contribution in [2.75, 3.05) is 0 Å². The fourth-order valence-corrected chi connectivity index (χ4v) is 2.68. The van der Waals surface area contributed by atoms with E-state index in [2.05, 4.69) is 38.1 Å². The van der Waals surface area contributed by atoms with Crippen LogP contribution in [-0.2, 0) is 6.61 Å². The zero-order valence-corrected chi connectivity index (χ0v) is 9.54. The summed E-state index contributed by atoms with van der Waals surface area (Å²) in [6, 6.07) is 10.5. The van der Waals surface area contributed by atoms with Crippen molar-refractivity contribution in [2.45, 2.75) is 20.5 Å². The van der Waals surface area contributed by atoms with Crippen molar-refractivity contribution in [3.05, 3.63) is 47.0 Å². The Morgan fingerprint density at radius 1 is 1.00 bits per heavy atom. The summed E-state index contributed by atoms with van der Waals surface area (Å²) in [6.07, 6.45) is 0. The largest absolute Gasteiger partial charge is 0.392 e. The molecule has 1 aliphatic carbocycles. The molecule has 3 rings (SSSR count).